The maximum absolute atomic E-state index is 14.0. The van der Waals surface area contributed by atoms with Crippen LogP contribution in [0.5, 0.6) is 5.75 Å². The van der Waals surface area contributed by atoms with E-state index in [-0.39, 0.29) is 11.6 Å². The number of hydrogen-bond acceptors (Lipinski definition) is 3. The van der Waals surface area contributed by atoms with Crippen LogP contribution in [-0.2, 0) is 6.42 Å². The Labute approximate surface area is 101 Å². The molecule has 0 aliphatic carbocycles. The summed E-state index contributed by atoms with van der Waals surface area (Å²) in [7, 11) is 1.43. The number of benzene rings is 1. The minimum Gasteiger partial charge on any atom is -0.494 e. The first-order valence-electron chi connectivity index (χ1n) is 5.64. The van der Waals surface area contributed by atoms with Crippen LogP contribution in [0.15, 0.2) is 18.2 Å². The number of halogens is 1. The molecule has 0 aliphatic heterocycles. The summed E-state index contributed by atoms with van der Waals surface area (Å²) in [5, 5.41) is 9.72. The van der Waals surface area contributed by atoms with Gasteiger partial charge in [-0.2, -0.15) is 0 Å². The van der Waals surface area contributed by atoms with Crippen molar-refractivity contribution in [3.05, 3.63) is 29.6 Å². The standard InChI is InChI=1S/C13H20FNO2/c1-9(16)13(2,8-15)7-10-5-4-6-11(17-3)12(10)14/h4-6,9,16H,7-8,15H2,1-3H3. The zero-order valence-electron chi connectivity index (χ0n) is 10.5. The molecule has 0 aromatic heterocycles. The van der Waals surface area contributed by atoms with E-state index >= 15 is 0 Å². The average molecular weight is 241 g/mol. The number of methoxy groups -OCH3 is 1. The fourth-order valence-electron chi connectivity index (χ4n) is 1.68. The molecule has 96 valence electrons. The Kier molecular flexibility index (Phi) is 4.48. The highest BCUT2D eigenvalue weighted by Gasteiger charge is 2.30. The highest BCUT2D eigenvalue weighted by atomic mass is 19.1. The highest BCUT2D eigenvalue weighted by Crippen LogP contribution is 2.29. The van der Waals surface area contributed by atoms with Gasteiger partial charge in [0.05, 0.1) is 13.2 Å². The summed E-state index contributed by atoms with van der Waals surface area (Å²) in [6.07, 6.45) is -0.220. The molecule has 1 rings (SSSR count). The summed E-state index contributed by atoms with van der Waals surface area (Å²) in [5.41, 5.74) is 5.64. The molecule has 3 N–H and O–H groups in total. The van der Waals surface area contributed by atoms with E-state index in [9.17, 15) is 9.50 Å². The lowest BCUT2D eigenvalue weighted by Gasteiger charge is -2.31. The van der Waals surface area contributed by atoms with Gasteiger partial charge in [0.1, 0.15) is 0 Å². The Balaban J connectivity index is 3.02. The number of aliphatic hydroxyl groups excluding tert-OH is 1. The smallest absolute Gasteiger partial charge is 0.168 e. The fourth-order valence-corrected chi connectivity index (χ4v) is 1.68. The molecule has 0 saturated carbocycles. The Morgan fingerprint density at radius 2 is 2.18 bits per heavy atom. The third-order valence-corrected chi connectivity index (χ3v) is 3.33. The van der Waals surface area contributed by atoms with Crippen molar-refractivity contribution in [3.63, 3.8) is 0 Å². The van der Waals surface area contributed by atoms with Gasteiger partial charge in [0.15, 0.2) is 11.6 Å². The summed E-state index contributed by atoms with van der Waals surface area (Å²) < 4.78 is 18.9. The van der Waals surface area contributed by atoms with E-state index in [4.69, 9.17) is 10.5 Å². The molecule has 1 aromatic rings. The number of rotatable bonds is 5. The third-order valence-electron chi connectivity index (χ3n) is 3.33. The summed E-state index contributed by atoms with van der Waals surface area (Å²) >= 11 is 0. The Hall–Kier alpha value is -1.13. The molecule has 3 nitrogen and oxygen atoms in total. The van der Waals surface area contributed by atoms with Crippen molar-refractivity contribution in [3.8, 4) is 5.75 Å². The molecule has 4 heteroatoms. The molecule has 2 atom stereocenters. The van der Waals surface area contributed by atoms with E-state index in [1.165, 1.54) is 7.11 Å². The van der Waals surface area contributed by atoms with Crippen LogP contribution < -0.4 is 10.5 Å². The summed E-state index contributed by atoms with van der Waals surface area (Å²) in [5.74, 6) is -0.164. The van der Waals surface area contributed by atoms with Crippen LogP contribution in [-0.4, -0.2) is 24.9 Å². The van der Waals surface area contributed by atoms with Crippen LogP contribution >= 0.6 is 0 Å². The minimum absolute atomic E-state index is 0.215. The number of nitrogens with two attached hydrogens (primary N) is 1. The Morgan fingerprint density at radius 3 is 2.65 bits per heavy atom. The predicted molar refractivity (Wildman–Crippen MR) is 65.5 cm³/mol. The van der Waals surface area contributed by atoms with Crippen molar-refractivity contribution in [2.75, 3.05) is 13.7 Å². The van der Waals surface area contributed by atoms with Crippen LogP contribution in [0, 0.1) is 11.2 Å². The monoisotopic (exact) mass is 241 g/mol. The van der Waals surface area contributed by atoms with Gasteiger partial charge >= 0.3 is 0 Å². The van der Waals surface area contributed by atoms with Crippen molar-refractivity contribution in [2.45, 2.75) is 26.4 Å². The molecular weight excluding hydrogens is 221 g/mol. The van der Waals surface area contributed by atoms with Crippen LogP contribution in [0.4, 0.5) is 4.39 Å². The summed E-state index contributed by atoms with van der Waals surface area (Å²) in [6.45, 7) is 3.81. The first kappa shape index (κ1) is 13.9. The summed E-state index contributed by atoms with van der Waals surface area (Å²) in [4.78, 5) is 0. The summed E-state index contributed by atoms with van der Waals surface area (Å²) in [6, 6.07) is 4.99. The SMILES string of the molecule is COc1cccc(CC(C)(CN)C(C)O)c1F. The van der Waals surface area contributed by atoms with Crippen molar-refractivity contribution < 1.29 is 14.2 Å². The van der Waals surface area contributed by atoms with Gasteiger partial charge < -0.3 is 15.6 Å². The molecule has 0 saturated heterocycles. The van der Waals surface area contributed by atoms with Crippen LogP contribution in [0.25, 0.3) is 0 Å². The van der Waals surface area contributed by atoms with Gasteiger partial charge in [-0.05, 0) is 25.0 Å². The molecule has 0 radical (unpaired) electrons. The zero-order valence-corrected chi connectivity index (χ0v) is 10.5. The second-order valence-corrected chi connectivity index (χ2v) is 4.64. The number of aliphatic hydroxyl groups is 1. The van der Waals surface area contributed by atoms with Gasteiger partial charge in [0.25, 0.3) is 0 Å². The molecule has 0 heterocycles. The molecule has 0 fully saturated rings. The second kappa shape index (κ2) is 5.47. The zero-order chi connectivity index (χ0) is 13.1. The lowest BCUT2D eigenvalue weighted by atomic mass is 9.79. The Bertz CT molecular complexity index is 382. The van der Waals surface area contributed by atoms with Crippen LogP contribution in [0.1, 0.15) is 19.4 Å². The fraction of sp³-hybridized carbons (Fsp3) is 0.538. The predicted octanol–water partition coefficient (Wildman–Crippen LogP) is 1.72. The lowest BCUT2D eigenvalue weighted by Crippen LogP contribution is -2.39. The van der Waals surface area contributed by atoms with Gasteiger partial charge in [0.2, 0.25) is 0 Å². The molecule has 1 aromatic carbocycles. The molecule has 0 bridgehead atoms. The van der Waals surface area contributed by atoms with Gasteiger partial charge in [-0.3, -0.25) is 0 Å². The Morgan fingerprint density at radius 1 is 1.53 bits per heavy atom. The first-order chi connectivity index (χ1) is 7.94. The maximum atomic E-state index is 14.0. The van der Waals surface area contributed by atoms with Crippen molar-refractivity contribution in [1.82, 2.24) is 0 Å². The molecule has 0 spiro atoms. The van der Waals surface area contributed by atoms with E-state index in [1.807, 2.05) is 6.92 Å². The minimum atomic E-state index is -0.599. The van der Waals surface area contributed by atoms with E-state index in [0.29, 0.717) is 18.5 Å². The van der Waals surface area contributed by atoms with E-state index < -0.39 is 11.5 Å². The quantitative estimate of drug-likeness (QED) is 0.825. The topological polar surface area (TPSA) is 55.5 Å². The van der Waals surface area contributed by atoms with Gasteiger partial charge in [-0.15, -0.1) is 0 Å². The maximum Gasteiger partial charge on any atom is 0.168 e. The van der Waals surface area contributed by atoms with Crippen molar-refractivity contribution in [1.29, 1.82) is 0 Å². The lowest BCUT2D eigenvalue weighted by molar-refractivity contribution is 0.0582. The molecule has 2 unspecified atom stereocenters. The van der Waals surface area contributed by atoms with Gasteiger partial charge in [-0.25, -0.2) is 4.39 Å². The van der Waals surface area contributed by atoms with E-state index in [0.717, 1.165) is 0 Å². The van der Waals surface area contributed by atoms with Crippen molar-refractivity contribution in [2.24, 2.45) is 11.1 Å². The highest BCUT2D eigenvalue weighted by molar-refractivity contribution is 5.31. The molecule has 0 aliphatic rings. The van der Waals surface area contributed by atoms with Gasteiger partial charge in [-0.1, -0.05) is 19.1 Å². The van der Waals surface area contributed by atoms with Crippen molar-refractivity contribution >= 4 is 0 Å². The largest absolute Gasteiger partial charge is 0.494 e. The van der Waals surface area contributed by atoms with Crippen LogP contribution in [0.2, 0.25) is 0 Å². The van der Waals surface area contributed by atoms with Gasteiger partial charge in [0, 0.05) is 12.0 Å². The molecular formula is C13H20FNO2. The number of ether oxygens (including phenoxy) is 1. The average Bonchev–Trinajstić information content (AvgIpc) is 2.31. The molecule has 0 amide bonds. The second-order valence-electron chi connectivity index (χ2n) is 4.64. The first-order valence-corrected chi connectivity index (χ1v) is 5.64. The third kappa shape index (κ3) is 2.96. The van der Waals surface area contributed by atoms with E-state index in [2.05, 4.69) is 0 Å². The normalized spacial score (nSPS) is 16.4. The van der Waals surface area contributed by atoms with Crippen LogP contribution in [0.3, 0.4) is 0 Å². The molecule has 17 heavy (non-hydrogen) atoms. The van der Waals surface area contributed by atoms with E-state index in [1.54, 1.807) is 25.1 Å². The number of hydrogen-bond donors (Lipinski definition) is 2.